The van der Waals surface area contributed by atoms with Crippen LogP contribution < -0.4 is 10.1 Å². The third kappa shape index (κ3) is 5.22. The number of amides is 1. The minimum absolute atomic E-state index is 0.137. The van der Waals surface area contributed by atoms with Crippen molar-refractivity contribution in [2.45, 2.75) is 45.1 Å². The van der Waals surface area contributed by atoms with Gasteiger partial charge >= 0.3 is 0 Å². The molecule has 22 heavy (non-hydrogen) atoms. The maximum absolute atomic E-state index is 12.0. The van der Waals surface area contributed by atoms with Crippen molar-refractivity contribution in [2.24, 2.45) is 0 Å². The van der Waals surface area contributed by atoms with Gasteiger partial charge in [0.25, 0.3) is 5.91 Å². The van der Waals surface area contributed by atoms with Crippen molar-refractivity contribution in [1.82, 2.24) is 5.32 Å². The van der Waals surface area contributed by atoms with Crippen molar-refractivity contribution in [3.63, 3.8) is 0 Å². The van der Waals surface area contributed by atoms with E-state index in [4.69, 9.17) is 27.9 Å². The van der Waals surface area contributed by atoms with Crippen LogP contribution in [0, 0.1) is 0 Å². The van der Waals surface area contributed by atoms with Crippen LogP contribution in [0.25, 0.3) is 0 Å². The lowest BCUT2D eigenvalue weighted by atomic mass is 9.97. The standard InChI is InChI=1S/C17H21Cl2NO2/c1-12(22-16-8-7-14(18)11-15(16)19)17(21)20-10-9-13-5-3-2-4-6-13/h5,7-8,11-12H,2-4,6,9-10H2,1H3,(H,20,21)/t12-/m1/s1. The van der Waals surface area contributed by atoms with Gasteiger partial charge in [0, 0.05) is 11.6 Å². The van der Waals surface area contributed by atoms with Crippen molar-refractivity contribution < 1.29 is 9.53 Å². The quantitative estimate of drug-likeness (QED) is 0.757. The molecule has 0 bridgehead atoms. The summed E-state index contributed by atoms with van der Waals surface area (Å²) in [5, 5.41) is 3.85. The lowest BCUT2D eigenvalue weighted by molar-refractivity contribution is -0.127. The molecule has 0 aliphatic heterocycles. The normalized spacial score (nSPS) is 15.9. The predicted octanol–water partition coefficient (Wildman–Crippen LogP) is 4.77. The second-order valence-electron chi connectivity index (χ2n) is 5.48. The van der Waals surface area contributed by atoms with Crippen LogP contribution in [0.5, 0.6) is 5.75 Å². The fourth-order valence-corrected chi connectivity index (χ4v) is 2.89. The van der Waals surface area contributed by atoms with Crippen LogP contribution in [0.4, 0.5) is 0 Å². The van der Waals surface area contributed by atoms with Crippen molar-refractivity contribution in [2.75, 3.05) is 6.54 Å². The van der Waals surface area contributed by atoms with Crippen molar-refractivity contribution in [3.8, 4) is 5.75 Å². The van der Waals surface area contributed by atoms with E-state index in [9.17, 15) is 4.79 Å². The van der Waals surface area contributed by atoms with Crippen molar-refractivity contribution >= 4 is 29.1 Å². The summed E-state index contributed by atoms with van der Waals surface area (Å²) in [4.78, 5) is 12.0. The summed E-state index contributed by atoms with van der Waals surface area (Å²) in [5.41, 5.74) is 1.45. The molecule has 1 aromatic rings. The molecule has 0 saturated carbocycles. The molecule has 0 fully saturated rings. The fourth-order valence-electron chi connectivity index (χ4n) is 2.44. The summed E-state index contributed by atoms with van der Waals surface area (Å²) in [6.45, 7) is 2.35. The number of hydrogen-bond acceptors (Lipinski definition) is 2. The highest BCUT2D eigenvalue weighted by Gasteiger charge is 2.16. The van der Waals surface area contributed by atoms with E-state index in [0.717, 1.165) is 19.3 Å². The first kappa shape index (κ1) is 17.2. The maximum Gasteiger partial charge on any atom is 0.260 e. The second kappa shape index (κ2) is 8.44. The van der Waals surface area contributed by atoms with Crippen LogP contribution in [-0.4, -0.2) is 18.6 Å². The van der Waals surface area contributed by atoms with E-state index in [1.165, 1.54) is 18.4 Å². The van der Waals surface area contributed by atoms with Gasteiger partial charge in [0.1, 0.15) is 5.75 Å². The molecule has 0 aromatic heterocycles. The van der Waals surface area contributed by atoms with Gasteiger partial charge in [-0.2, -0.15) is 0 Å². The Bertz CT molecular complexity index is 558. The zero-order valence-corrected chi connectivity index (χ0v) is 14.2. The Balaban J connectivity index is 1.78. The summed E-state index contributed by atoms with van der Waals surface area (Å²) in [7, 11) is 0. The van der Waals surface area contributed by atoms with Crippen LogP contribution in [0.3, 0.4) is 0 Å². The summed E-state index contributed by atoms with van der Waals surface area (Å²) in [5.74, 6) is 0.325. The average Bonchev–Trinajstić information content (AvgIpc) is 2.51. The molecule has 1 aliphatic carbocycles. The first-order chi connectivity index (χ1) is 10.6. The van der Waals surface area contributed by atoms with Gasteiger partial charge in [-0.25, -0.2) is 0 Å². The highest BCUT2D eigenvalue weighted by Crippen LogP contribution is 2.28. The SMILES string of the molecule is C[C@@H](Oc1ccc(Cl)cc1Cl)C(=O)NCCC1=CCCCC1. The van der Waals surface area contributed by atoms with Gasteiger partial charge in [-0.3, -0.25) is 4.79 Å². The van der Waals surface area contributed by atoms with E-state index in [0.29, 0.717) is 22.3 Å². The molecular weight excluding hydrogens is 321 g/mol. The van der Waals surface area contributed by atoms with Gasteiger partial charge in [-0.15, -0.1) is 0 Å². The monoisotopic (exact) mass is 341 g/mol. The Morgan fingerprint density at radius 1 is 1.36 bits per heavy atom. The molecule has 1 aromatic carbocycles. The number of carbonyl (C=O) groups excluding carboxylic acids is 1. The summed E-state index contributed by atoms with van der Waals surface area (Å²) in [6.07, 6.45) is 7.47. The molecule has 0 unspecified atom stereocenters. The summed E-state index contributed by atoms with van der Waals surface area (Å²) >= 11 is 11.9. The van der Waals surface area contributed by atoms with Gasteiger partial charge in [0.05, 0.1) is 5.02 Å². The molecule has 120 valence electrons. The molecule has 0 saturated heterocycles. The molecule has 0 radical (unpaired) electrons. The van der Waals surface area contributed by atoms with Crippen molar-refractivity contribution in [3.05, 3.63) is 39.9 Å². The van der Waals surface area contributed by atoms with Gasteiger partial charge in [-0.05, 0) is 57.2 Å². The van der Waals surface area contributed by atoms with E-state index in [1.807, 2.05) is 0 Å². The third-order valence-electron chi connectivity index (χ3n) is 3.70. The van der Waals surface area contributed by atoms with E-state index >= 15 is 0 Å². The Morgan fingerprint density at radius 2 is 2.18 bits per heavy atom. The zero-order valence-electron chi connectivity index (χ0n) is 12.7. The maximum atomic E-state index is 12.0. The van der Waals surface area contributed by atoms with Crippen LogP contribution in [0.1, 0.15) is 39.0 Å². The Kier molecular flexibility index (Phi) is 6.59. The average molecular weight is 342 g/mol. The number of benzene rings is 1. The predicted molar refractivity (Wildman–Crippen MR) is 90.7 cm³/mol. The number of hydrogen-bond donors (Lipinski definition) is 1. The topological polar surface area (TPSA) is 38.3 Å². The van der Waals surface area contributed by atoms with Crippen LogP contribution in [0.15, 0.2) is 29.8 Å². The highest BCUT2D eigenvalue weighted by atomic mass is 35.5. The molecule has 1 amide bonds. The summed E-state index contributed by atoms with van der Waals surface area (Å²) in [6, 6.07) is 4.95. The minimum atomic E-state index is -0.598. The minimum Gasteiger partial charge on any atom is -0.479 e. The number of halogens is 2. The van der Waals surface area contributed by atoms with Gasteiger partial charge in [0.15, 0.2) is 6.10 Å². The molecule has 3 nitrogen and oxygen atoms in total. The number of ether oxygens (including phenoxy) is 1. The number of allylic oxidation sites excluding steroid dienone is 1. The smallest absolute Gasteiger partial charge is 0.260 e. The summed E-state index contributed by atoms with van der Waals surface area (Å²) < 4.78 is 5.59. The molecular formula is C17H21Cl2NO2. The Morgan fingerprint density at radius 3 is 2.86 bits per heavy atom. The lowest BCUT2D eigenvalue weighted by Crippen LogP contribution is -2.37. The lowest BCUT2D eigenvalue weighted by Gasteiger charge is -2.17. The van der Waals surface area contributed by atoms with E-state index in [1.54, 1.807) is 25.1 Å². The largest absolute Gasteiger partial charge is 0.479 e. The molecule has 2 rings (SSSR count). The van der Waals surface area contributed by atoms with E-state index in [-0.39, 0.29) is 5.91 Å². The second-order valence-corrected chi connectivity index (χ2v) is 6.33. The highest BCUT2D eigenvalue weighted by molar-refractivity contribution is 6.35. The Labute approximate surface area is 141 Å². The van der Waals surface area contributed by atoms with Gasteiger partial charge < -0.3 is 10.1 Å². The molecule has 1 aliphatic rings. The zero-order chi connectivity index (χ0) is 15.9. The van der Waals surface area contributed by atoms with Crippen LogP contribution in [-0.2, 0) is 4.79 Å². The fraction of sp³-hybridized carbons (Fsp3) is 0.471. The van der Waals surface area contributed by atoms with Gasteiger partial charge in [-0.1, -0.05) is 34.9 Å². The third-order valence-corrected chi connectivity index (χ3v) is 4.23. The van der Waals surface area contributed by atoms with Crippen LogP contribution in [0.2, 0.25) is 10.0 Å². The van der Waals surface area contributed by atoms with E-state index < -0.39 is 6.10 Å². The van der Waals surface area contributed by atoms with Gasteiger partial charge in [0.2, 0.25) is 0 Å². The Hall–Kier alpha value is -1.19. The van der Waals surface area contributed by atoms with Crippen LogP contribution >= 0.6 is 23.2 Å². The molecule has 1 atom stereocenters. The first-order valence-electron chi connectivity index (χ1n) is 7.63. The molecule has 5 heteroatoms. The number of nitrogens with one attached hydrogen (secondary N) is 1. The van der Waals surface area contributed by atoms with E-state index in [2.05, 4.69) is 11.4 Å². The number of carbonyl (C=O) groups is 1. The number of rotatable bonds is 6. The van der Waals surface area contributed by atoms with Crippen molar-refractivity contribution in [1.29, 1.82) is 0 Å². The molecule has 0 spiro atoms. The first-order valence-corrected chi connectivity index (χ1v) is 8.39. The molecule has 0 heterocycles. The molecule has 1 N–H and O–H groups in total.